The number of fused-ring (bicyclic) bond motifs is 1. The molecular formula is C12H14N2O4. The molecule has 0 saturated heterocycles. The molecule has 0 spiro atoms. The molecule has 0 saturated carbocycles. The van der Waals surface area contributed by atoms with Crippen molar-refractivity contribution in [3.8, 4) is 0 Å². The minimum Gasteiger partial charge on any atom is -0.465 e. The molecule has 0 amide bonds. The van der Waals surface area contributed by atoms with Crippen molar-refractivity contribution in [2.75, 3.05) is 26.1 Å². The van der Waals surface area contributed by atoms with Crippen molar-refractivity contribution in [3.05, 3.63) is 22.4 Å². The first-order chi connectivity index (χ1) is 8.60. The Labute approximate surface area is 104 Å². The van der Waals surface area contributed by atoms with Gasteiger partial charge >= 0.3 is 11.9 Å². The van der Waals surface area contributed by atoms with Gasteiger partial charge in [-0.25, -0.2) is 14.6 Å². The molecule has 0 aromatic carbocycles. The van der Waals surface area contributed by atoms with Crippen molar-refractivity contribution in [2.24, 2.45) is 0 Å². The quantitative estimate of drug-likeness (QED) is 0.787. The molecule has 6 nitrogen and oxygen atoms in total. The molecule has 6 heteroatoms. The van der Waals surface area contributed by atoms with Crippen molar-refractivity contribution >= 4 is 17.8 Å². The van der Waals surface area contributed by atoms with Crippen molar-refractivity contribution in [1.82, 2.24) is 4.98 Å². The second-order valence-corrected chi connectivity index (χ2v) is 3.95. The molecule has 0 atom stereocenters. The van der Waals surface area contributed by atoms with E-state index in [9.17, 15) is 9.59 Å². The van der Waals surface area contributed by atoms with Crippen LogP contribution in [0.2, 0.25) is 0 Å². The van der Waals surface area contributed by atoms with Gasteiger partial charge in [-0.2, -0.15) is 0 Å². The summed E-state index contributed by atoms with van der Waals surface area (Å²) in [5.74, 6) is -0.578. The Hall–Kier alpha value is -2.11. The van der Waals surface area contributed by atoms with Crippen molar-refractivity contribution in [3.63, 3.8) is 0 Å². The number of methoxy groups -OCH3 is 2. The highest BCUT2D eigenvalue weighted by atomic mass is 16.5. The number of ether oxygens (including phenoxy) is 2. The number of esters is 2. The van der Waals surface area contributed by atoms with E-state index in [1.54, 1.807) is 6.92 Å². The Kier molecular flexibility index (Phi) is 3.18. The number of carbonyl (C=O) groups excluding carboxylic acids is 2. The lowest BCUT2D eigenvalue weighted by Gasteiger charge is -2.12. The zero-order valence-electron chi connectivity index (χ0n) is 10.5. The van der Waals surface area contributed by atoms with Crippen molar-refractivity contribution in [2.45, 2.75) is 13.3 Å². The van der Waals surface area contributed by atoms with Crippen LogP contribution in [0.15, 0.2) is 0 Å². The van der Waals surface area contributed by atoms with E-state index in [2.05, 4.69) is 15.0 Å². The number of nitrogens with one attached hydrogen (secondary N) is 1. The zero-order valence-corrected chi connectivity index (χ0v) is 10.5. The molecule has 1 aliphatic heterocycles. The van der Waals surface area contributed by atoms with Gasteiger partial charge in [-0.3, -0.25) is 0 Å². The molecule has 0 aliphatic carbocycles. The van der Waals surface area contributed by atoms with Crippen LogP contribution >= 0.6 is 0 Å². The van der Waals surface area contributed by atoms with E-state index in [0.29, 0.717) is 5.82 Å². The van der Waals surface area contributed by atoms with Crippen LogP contribution in [0.25, 0.3) is 0 Å². The summed E-state index contributed by atoms with van der Waals surface area (Å²) in [7, 11) is 2.52. The Morgan fingerprint density at radius 3 is 2.50 bits per heavy atom. The van der Waals surface area contributed by atoms with Crippen LogP contribution in [-0.2, 0) is 15.9 Å². The van der Waals surface area contributed by atoms with Gasteiger partial charge in [0.15, 0.2) is 5.69 Å². The number of pyridine rings is 1. The maximum Gasteiger partial charge on any atom is 0.357 e. The normalized spacial score (nSPS) is 12.6. The Bertz CT molecular complexity index is 525. The summed E-state index contributed by atoms with van der Waals surface area (Å²) in [5.41, 5.74) is 1.85. The fourth-order valence-corrected chi connectivity index (χ4v) is 2.10. The van der Waals surface area contributed by atoms with Gasteiger partial charge in [0, 0.05) is 12.1 Å². The smallest absolute Gasteiger partial charge is 0.357 e. The van der Waals surface area contributed by atoms with E-state index in [4.69, 9.17) is 4.74 Å². The number of aromatic nitrogens is 1. The van der Waals surface area contributed by atoms with Gasteiger partial charge in [-0.1, -0.05) is 0 Å². The molecule has 2 rings (SSSR count). The number of rotatable bonds is 2. The standard InChI is InChI=1S/C12H14N2O4/c1-6-7-4-5-13-10(7)14-9(12(16)18-3)8(6)11(15)17-2/h4-5H2,1-3H3,(H,13,14). The van der Waals surface area contributed by atoms with Crippen LogP contribution in [0.3, 0.4) is 0 Å². The van der Waals surface area contributed by atoms with Crippen LogP contribution in [0, 0.1) is 6.92 Å². The molecule has 1 aliphatic rings. The van der Waals surface area contributed by atoms with E-state index in [0.717, 1.165) is 24.1 Å². The molecule has 1 N–H and O–H groups in total. The average molecular weight is 250 g/mol. The van der Waals surface area contributed by atoms with Gasteiger partial charge in [0.25, 0.3) is 0 Å². The third-order valence-corrected chi connectivity index (χ3v) is 3.01. The number of nitrogens with zero attached hydrogens (tertiary/aromatic N) is 1. The van der Waals surface area contributed by atoms with Crippen molar-refractivity contribution < 1.29 is 19.1 Å². The molecule has 96 valence electrons. The van der Waals surface area contributed by atoms with Gasteiger partial charge < -0.3 is 14.8 Å². The summed E-state index contributed by atoms with van der Waals surface area (Å²) in [6, 6.07) is 0. The number of anilines is 1. The van der Waals surface area contributed by atoms with Gasteiger partial charge in [0.05, 0.1) is 19.8 Å². The molecule has 1 aromatic rings. The molecule has 1 aromatic heterocycles. The number of carbonyl (C=O) groups is 2. The fourth-order valence-electron chi connectivity index (χ4n) is 2.10. The average Bonchev–Trinajstić information content (AvgIpc) is 2.85. The minimum absolute atomic E-state index is 0.00463. The van der Waals surface area contributed by atoms with Gasteiger partial charge in [-0.05, 0) is 18.9 Å². The minimum atomic E-state index is -0.644. The summed E-state index contributed by atoms with van der Waals surface area (Å²) < 4.78 is 9.35. The van der Waals surface area contributed by atoms with Gasteiger partial charge in [0.1, 0.15) is 5.82 Å². The summed E-state index contributed by atoms with van der Waals surface area (Å²) in [4.78, 5) is 27.6. The summed E-state index contributed by atoms with van der Waals surface area (Å²) in [5, 5.41) is 3.07. The second-order valence-electron chi connectivity index (χ2n) is 3.95. The van der Waals surface area contributed by atoms with E-state index < -0.39 is 11.9 Å². The first kappa shape index (κ1) is 12.3. The summed E-state index contributed by atoms with van der Waals surface area (Å²) in [6.07, 6.45) is 0.777. The molecular weight excluding hydrogens is 236 g/mol. The van der Waals surface area contributed by atoms with Crippen LogP contribution in [0.1, 0.15) is 32.0 Å². The highest BCUT2D eigenvalue weighted by Crippen LogP contribution is 2.28. The molecule has 18 heavy (non-hydrogen) atoms. The van der Waals surface area contributed by atoms with Crippen LogP contribution in [-0.4, -0.2) is 37.7 Å². The van der Waals surface area contributed by atoms with Crippen LogP contribution in [0.5, 0.6) is 0 Å². The predicted molar refractivity (Wildman–Crippen MR) is 63.8 cm³/mol. The lowest BCUT2D eigenvalue weighted by atomic mass is 10.0. The van der Waals surface area contributed by atoms with Crippen LogP contribution in [0.4, 0.5) is 5.82 Å². The predicted octanol–water partition coefficient (Wildman–Crippen LogP) is 0.931. The summed E-state index contributed by atoms with van der Waals surface area (Å²) >= 11 is 0. The number of hydrogen-bond donors (Lipinski definition) is 1. The summed E-state index contributed by atoms with van der Waals surface area (Å²) in [6.45, 7) is 2.53. The molecule has 0 fully saturated rings. The zero-order chi connectivity index (χ0) is 13.3. The third-order valence-electron chi connectivity index (χ3n) is 3.01. The third kappa shape index (κ3) is 1.79. The fraction of sp³-hybridized carbons (Fsp3) is 0.417. The Morgan fingerprint density at radius 2 is 1.89 bits per heavy atom. The molecule has 0 unspecified atom stereocenters. The molecule has 0 radical (unpaired) electrons. The van der Waals surface area contributed by atoms with Gasteiger partial charge in [0.2, 0.25) is 0 Å². The molecule has 0 bridgehead atoms. The lowest BCUT2D eigenvalue weighted by molar-refractivity contribution is 0.0549. The lowest BCUT2D eigenvalue weighted by Crippen LogP contribution is -2.17. The van der Waals surface area contributed by atoms with E-state index >= 15 is 0 Å². The van der Waals surface area contributed by atoms with Crippen LogP contribution < -0.4 is 5.32 Å². The topological polar surface area (TPSA) is 77.5 Å². The van der Waals surface area contributed by atoms with E-state index in [-0.39, 0.29) is 11.3 Å². The second kappa shape index (κ2) is 4.64. The number of hydrogen-bond acceptors (Lipinski definition) is 6. The Morgan fingerprint density at radius 1 is 1.22 bits per heavy atom. The SMILES string of the molecule is COC(=O)c1nc2c(c(C)c1C(=O)OC)CCN2. The largest absolute Gasteiger partial charge is 0.465 e. The first-order valence-electron chi connectivity index (χ1n) is 5.54. The van der Waals surface area contributed by atoms with E-state index in [1.807, 2.05) is 0 Å². The monoisotopic (exact) mass is 250 g/mol. The highest BCUT2D eigenvalue weighted by Gasteiger charge is 2.28. The van der Waals surface area contributed by atoms with E-state index in [1.165, 1.54) is 14.2 Å². The molecule has 2 heterocycles. The highest BCUT2D eigenvalue weighted by molar-refractivity contribution is 6.03. The van der Waals surface area contributed by atoms with Crippen molar-refractivity contribution in [1.29, 1.82) is 0 Å². The van der Waals surface area contributed by atoms with Gasteiger partial charge in [-0.15, -0.1) is 0 Å². The first-order valence-corrected chi connectivity index (χ1v) is 5.54. The maximum atomic E-state index is 11.8. The Balaban J connectivity index is 2.67. The maximum absolute atomic E-state index is 11.8.